The molecule has 0 atom stereocenters. The first-order valence-electron chi connectivity index (χ1n) is 6.06. The molecule has 5 nitrogen and oxygen atoms in total. The lowest BCUT2D eigenvalue weighted by molar-refractivity contribution is 0.0827. The summed E-state index contributed by atoms with van der Waals surface area (Å²) >= 11 is 5.85. The summed E-state index contributed by atoms with van der Waals surface area (Å²) in [5.41, 5.74) is 0.745. The van der Waals surface area contributed by atoms with Gasteiger partial charge in [-0.2, -0.15) is 0 Å². The standard InChI is InChI=1S/C14H13ClFN3O2/c1-8-12(15)17-7-18-13(8)21-11-5-4-9(6-10(11)16)14(20)19(2)3/h4-7H,1-3H3. The van der Waals surface area contributed by atoms with Crippen LogP contribution >= 0.6 is 11.6 Å². The van der Waals surface area contributed by atoms with Crippen molar-refractivity contribution in [2.24, 2.45) is 0 Å². The second-order valence-corrected chi connectivity index (χ2v) is 4.90. The van der Waals surface area contributed by atoms with Crippen LogP contribution < -0.4 is 4.74 Å². The van der Waals surface area contributed by atoms with Crippen molar-refractivity contribution in [2.45, 2.75) is 6.92 Å². The lowest BCUT2D eigenvalue weighted by Gasteiger charge is -2.12. The quantitative estimate of drug-likeness (QED) is 0.818. The number of nitrogens with zero attached hydrogens (tertiary/aromatic N) is 3. The summed E-state index contributed by atoms with van der Waals surface area (Å²) in [7, 11) is 3.19. The highest BCUT2D eigenvalue weighted by molar-refractivity contribution is 6.30. The molecule has 0 aliphatic heterocycles. The zero-order valence-corrected chi connectivity index (χ0v) is 12.5. The average molecular weight is 310 g/mol. The Balaban J connectivity index is 2.30. The third-order valence-corrected chi connectivity index (χ3v) is 3.15. The first-order chi connectivity index (χ1) is 9.90. The Morgan fingerprint density at radius 2 is 2.05 bits per heavy atom. The number of carbonyl (C=O) groups is 1. The number of carbonyl (C=O) groups excluding carboxylic acids is 1. The molecule has 110 valence electrons. The second kappa shape index (κ2) is 6.05. The molecule has 1 amide bonds. The molecule has 2 aromatic rings. The van der Waals surface area contributed by atoms with Gasteiger partial charge >= 0.3 is 0 Å². The number of halogens is 2. The van der Waals surface area contributed by atoms with Crippen molar-refractivity contribution in [1.29, 1.82) is 0 Å². The van der Waals surface area contributed by atoms with Crippen LogP contribution in [0.1, 0.15) is 15.9 Å². The largest absolute Gasteiger partial charge is 0.435 e. The maximum atomic E-state index is 14.0. The minimum absolute atomic E-state index is 0.0387. The van der Waals surface area contributed by atoms with Crippen LogP contribution in [0.25, 0.3) is 0 Å². The van der Waals surface area contributed by atoms with Crippen LogP contribution in [0, 0.1) is 12.7 Å². The molecule has 0 spiro atoms. The fourth-order valence-electron chi connectivity index (χ4n) is 1.60. The van der Waals surface area contributed by atoms with Gasteiger partial charge in [-0.05, 0) is 25.1 Å². The number of benzene rings is 1. The van der Waals surface area contributed by atoms with Gasteiger partial charge in [0.15, 0.2) is 11.6 Å². The Labute approximate surface area is 126 Å². The Hall–Kier alpha value is -2.21. The normalized spacial score (nSPS) is 10.3. The van der Waals surface area contributed by atoms with E-state index in [1.807, 2.05) is 0 Å². The van der Waals surface area contributed by atoms with Gasteiger partial charge in [-0.25, -0.2) is 14.4 Å². The SMILES string of the molecule is Cc1c(Cl)ncnc1Oc1ccc(C(=O)N(C)C)cc1F. The fourth-order valence-corrected chi connectivity index (χ4v) is 1.72. The molecule has 1 aromatic carbocycles. The van der Waals surface area contributed by atoms with Crippen molar-refractivity contribution in [3.8, 4) is 11.6 Å². The van der Waals surface area contributed by atoms with Crippen molar-refractivity contribution in [3.63, 3.8) is 0 Å². The summed E-state index contributed by atoms with van der Waals surface area (Å²) in [6, 6.07) is 3.98. The minimum atomic E-state index is -0.656. The van der Waals surface area contributed by atoms with Crippen LogP contribution in [0.3, 0.4) is 0 Å². The Morgan fingerprint density at radius 3 is 2.67 bits per heavy atom. The molecule has 0 fully saturated rings. The molecule has 0 saturated carbocycles. The van der Waals surface area contributed by atoms with E-state index in [2.05, 4.69) is 9.97 Å². The second-order valence-electron chi connectivity index (χ2n) is 4.54. The van der Waals surface area contributed by atoms with Gasteiger partial charge in [0.25, 0.3) is 5.91 Å². The summed E-state index contributed by atoms with van der Waals surface area (Å²) in [5.74, 6) is -0.817. The molecule has 0 unspecified atom stereocenters. The molecule has 1 aromatic heterocycles. The van der Waals surface area contributed by atoms with Gasteiger partial charge in [-0.15, -0.1) is 0 Å². The third-order valence-electron chi connectivity index (χ3n) is 2.77. The molecule has 0 N–H and O–H groups in total. The molecule has 21 heavy (non-hydrogen) atoms. The number of aromatic nitrogens is 2. The predicted octanol–water partition coefficient (Wildman–Crippen LogP) is 3.07. The Bertz CT molecular complexity index is 692. The van der Waals surface area contributed by atoms with Gasteiger partial charge in [0, 0.05) is 25.2 Å². The lowest BCUT2D eigenvalue weighted by atomic mass is 10.2. The van der Waals surface area contributed by atoms with E-state index in [-0.39, 0.29) is 28.3 Å². The average Bonchev–Trinajstić information content (AvgIpc) is 2.44. The lowest BCUT2D eigenvalue weighted by Crippen LogP contribution is -2.21. The van der Waals surface area contributed by atoms with Gasteiger partial charge in [0.05, 0.1) is 0 Å². The number of hydrogen-bond donors (Lipinski definition) is 0. The molecule has 2 rings (SSSR count). The van der Waals surface area contributed by atoms with Crippen LogP contribution in [0.5, 0.6) is 11.6 Å². The molecule has 0 aliphatic carbocycles. The molecule has 1 heterocycles. The van der Waals surface area contributed by atoms with Crippen LogP contribution in [0.4, 0.5) is 4.39 Å². The highest BCUT2D eigenvalue weighted by Crippen LogP contribution is 2.28. The van der Waals surface area contributed by atoms with Crippen molar-refractivity contribution < 1.29 is 13.9 Å². The Kier molecular flexibility index (Phi) is 4.37. The van der Waals surface area contributed by atoms with E-state index in [0.29, 0.717) is 5.56 Å². The number of amides is 1. The van der Waals surface area contributed by atoms with E-state index in [0.717, 1.165) is 6.07 Å². The summed E-state index contributed by atoms with van der Waals surface area (Å²) in [5, 5.41) is 0.236. The highest BCUT2D eigenvalue weighted by atomic mass is 35.5. The molecule has 0 saturated heterocycles. The Morgan fingerprint density at radius 1 is 1.33 bits per heavy atom. The summed E-state index contributed by atoms with van der Waals surface area (Å²) in [6.07, 6.45) is 1.23. The zero-order valence-electron chi connectivity index (χ0n) is 11.7. The molecule has 0 aliphatic rings. The maximum Gasteiger partial charge on any atom is 0.253 e. The molecular formula is C14H13ClFN3O2. The number of ether oxygens (including phenoxy) is 1. The van der Waals surface area contributed by atoms with Crippen LogP contribution in [-0.2, 0) is 0 Å². The van der Waals surface area contributed by atoms with Gasteiger partial charge in [0.1, 0.15) is 11.5 Å². The maximum absolute atomic E-state index is 14.0. The van der Waals surface area contributed by atoms with Crippen LogP contribution in [-0.4, -0.2) is 34.9 Å². The minimum Gasteiger partial charge on any atom is -0.435 e. The number of rotatable bonds is 3. The summed E-state index contributed by atoms with van der Waals surface area (Å²) < 4.78 is 19.4. The van der Waals surface area contributed by atoms with E-state index in [9.17, 15) is 9.18 Å². The molecule has 0 radical (unpaired) electrons. The summed E-state index contributed by atoms with van der Waals surface area (Å²) in [4.78, 5) is 20.8. The van der Waals surface area contributed by atoms with E-state index in [1.54, 1.807) is 21.0 Å². The zero-order chi connectivity index (χ0) is 15.6. The van der Waals surface area contributed by atoms with Gasteiger partial charge in [-0.1, -0.05) is 11.6 Å². The topological polar surface area (TPSA) is 55.3 Å². The third kappa shape index (κ3) is 3.28. The van der Waals surface area contributed by atoms with E-state index < -0.39 is 5.82 Å². The van der Waals surface area contributed by atoms with Gasteiger partial charge in [-0.3, -0.25) is 4.79 Å². The summed E-state index contributed by atoms with van der Waals surface area (Å²) in [6.45, 7) is 1.67. The van der Waals surface area contributed by atoms with E-state index in [1.165, 1.54) is 23.4 Å². The van der Waals surface area contributed by atoms with Crippen LogP contribution in [0.15, 0.2) is 24.5 Å². The molecule has 7 heteroatoms. The molecule has 0 bridgehead atoms. The van der Waals surface area contributed by atoms with Crippen molar-refractivity contribution in [2.75, 3.05) is 14.1 Å². The fraction of sp³-hybridized carbons (Fsp3) is 0.214. The van der Waals surface area contributed by atoms with Crippen molar-refractivity contribution in [3.05, 3.63) is 46.6 Å². The van der Waals surface area contributed by atoms with Crippen LogP contribution in [0.2, 0.25) is 5.15 Å². The first-order valence-corrected chi connectivity index (χ1v) is 6.44. The highest BCUT2D eigenvalue weighted by Gasteiger charge is 2.14. The van der Waals surface area contributed by atoms with Gasteiger partial charge < -0.3 is 9.64 Å². The number of hydrogen-bond acceptors (Lipinski definition) is 4. The van der Waals surface area contributed by atoms with E-state index >= 15 is 0 Å². The monoisotopic (exact) mass is 309 g/mol. The first kappa shape index (κ1) is 15.2. The molecular weight excluding hydrogens is 297 g/mol. The van der Waals surface area contributed by atoms with Crippen molar-refractivity contribution in [1.82, 2.24) is 14.9 Å². The predicted molar refractivity (Wildman–Crippen MR) is 76.3 cm³/mol. The van der Waals surface area contributed by atoms with E-state index in [4.69, 9.17) is 16.3 Å². The van der Waals surface area contributed by atoms with Crippen molar-refractivity contribution >= 4 is 17.5 Å². The smallest absolute Gasteiger partial charge is 0.253 e. The van der Waals surface area contributed by atoms with Gasteiger partial charge in [0.2, 0.25) is 5.88 Å².